The highest BCUT2D eigenvalue weighted by atomic mass is 28.3. The summed E-state index contributed by atoms with van der Waals surface area (Å²) in [6.07, 6.45) is 5.61. The van der Waals surface area contributed by atoms with Gasteiger partial charge in [-0.1, -0.05) is 53.7 Å². The van der Waals surface area contributed by atoms with Crippen molar-refractivity contribution in [2.24, 2.45) is 0 Å². The van der Waals surface area contributed by atoms with Crippen molar-refractivity contribution in [1.29, 1.82) is 0 Å². The molecule has 0 spiro atoms. The number of hydrogen-bond acceptors (Lipinski definition) is 4. The maximum Gasteiger partial charge on any atom is 0.336 e. The zero-order valence-electron chi connectivity index (χ0n) is 17.6. The monoisotopic (exact) mass is 380 g/mol. The summed E-state index contributed by atoms with van der Waals surface area (Å²) in [7, 11) is -0.363. The Bertz CT molecular complexity index is 537. The number of ether oxygens (including phenoxy) is 2. The lowest BCUT2D eigenvalue weighted by molar-refractivity contribution is -0.140. The topological polar surface area (TPSA) is 52.6 Å². The Morgan fingerprint density at radius 1 is 1.08 bits per heavy atom. The summed E-state index contributed by atoms with van der Waals surface area (Å²) < 4.78 is 10.2. The fraction of sp³-hybridized carbons (Fsp3) is 0.714. The van der Waals surface area contributed by atoms with Gasteiger partial charge in [0.05, 0.1) is 15.2 Å². The minimum atomic E-state index is -1.78. The molecule has 5 heteroatoms. The zero-order chi connectivity index (χ0) is 19.9. The first kappa shape index (κ1) is 22.7. The predicted molar refractivity (Wildman–Crippen MR) is 108 cm³/mol. The molecule has 0 unspecified atom stereocenters. The van der Waals surface area contributed by atoms with Gasteiger partial charge in [-0.3, -0.25) is 4.79 Å². The highest BCUT2D eigenvalue weighted by Gasteiger charge is 2.42. The molecule has 1 rings (SSSR count). The molecule has 1 heterocycles. The third-order valence-electron chi connectivity index (χ3n) is 5.75. The van der Waals surface area contributed by atoms with Gasteiger partial charge < -0.3 is 9.47 Å². The van der Waals surface area contributed by atoms with Gasteiger partial charge in [0.1, 0.15) is 5.76 Å². The first-order valence-corrected chi connectivity index (χ1v) is 12.2. The average Bonchev–Trinajstić information content (AvgIpc) is 2.90. The van der Waals surface area contributed by atoms with Crippen LogP contribution in [0.1, 0.15) is 73.6 Å². The number of hydrogen-bond donors (Lipinski definition) is 0. The molecule has 0 saturated carbocycles. The quantitative estimate of drug-likeness (QED) is 0.277. The Labute approximate surface area is 160 Å². The van der Waals surface area contributed by atoms with Crippen LogP contribution in [0.5, 0.6) is 0 Å². The molecule has 0 atom stereocenters. The van der Waals surface area contributed by atoms with Crippen molar-refractivity contribution in [3.8, 4) is 0 Å². The van der Waals surface area contributed by atoms with E-state index in [9.17, 15) is 9.59 Å². The first-order chi connectivity index (χ1) is 12.1. The molecule has 0 bridgehead atoms. The normalized spacial score (nSPS) is 16.6. The summed E-state index contributed by atoms with van der Waals surface area (Å²) in [6.45, 7) is 13.8. The molecular formula is C21H36O4Si. The third-order valence-corrected chi connectivity index (χ3v) is 12.5. The van der Waals surface area contributed by atoms with Crippen LogP contribution in [0.25, 0.3) is 0 Å². The van der Waals surface area contributed by atoms with Gasteiger partial charge in [0, 0.05) is 18.1 Å². The van der Waals surface area contributed by atoms with Crippen LogP contribution < -0.4 is 0 Å². The van der Waals surface area contributed by atoms with Crippen molar-refractivity contribution in [2.45, 2.75) is 90.3 Å². The van der Waals surface area contributed by atoms with Gasteiger partial charge in [0.25, 0.3) is 0 Å². The third kappa shape index (κ3) is 5.57. The second-order valence-corrected chi connectivity index (χ2v) is 14.0. The second-order valence-electron chi connectivity index (χ2n) is 8.20. The smallest absolute Gasteiger partial charge is 0.336 e. The largest absolute Gasteiger partial charge is 0.469 e. The number of carbonyl (C=O) groups excluding carboxylic acids is 2. The van der Waals surface area contributed by atoms with Crippen molar-refractivity contribution in [1.82, 2.24) is 0 Å². The van der Waals surface area contributed by atoms with Crippen LogP contribution in [0, 0.1) is 0 Å². The van der Waals surface area contributed by atoms with Crippen molar-refractivity contribution in [3.63, 3.8) is 0 Å². The average molecular weight is 381 g/mol. The van der Waals surface area contributed by atoms with Gasteiger partial charge in [-0.2, -0.15) is 0 Å². The number of allylic oxidation sites excluding steroid dienone is 1. The Balaban J connectivity index is 2.86. The summed E-state index contributed by atoms with van der Waals surface area (Å²) >= 11 is 0. The number of cyclic esters (lactones) is 1. The number of methoxy groups -OCH3 is 1. The van der Waals surface area contributed by atoms with Crippen molar-refractivity contribution < 1.29 is 19.1 Å². The summed E-state index contributed by atoms with van der Waals surface area (Å²) in [4.78, 5) is 23.1. The van der Waals surface area contributed by atoms with E-state index in [4.69, 9.17) is 4.74 Å². The highest BCUT2D eigenvalue weighted by molar-refractivity contribution is 6.88. The van der Waals surface area contributed by atoms with E-state index >= 15 is 0 Å². The SMILES string of the molecule is COC(=O)CCCCCC1=CC(=O)O/C1=C\[Si](C(C)C)(C(C)C)C(C)C. The minimum absolute atomic E-state index is 0.161. The van der Waals surface area contributed by atoms with E-state index in [1.54, 1.807) is 6.08 Å². The highest BCUT2D eigenvalue weighted by Crippen LogP contribution is 2.44. The molecule has 0 N–H and O–H groups in total. The summed E-state index contributed by atoms with van der Waals surface area (Å²) in [6, 6.07) is 0. The number of carbonyl (C=O) groups is 2. The minimum Gasteiger partial charge on any atom is -0.469 e. The Morgan fingerprint density at radius 3 is 2.15 bits per heavy atom. The Kier molecular flexibility index (Phi) is 8.81. The second kappa shape index (κ2) is 10.1. The molecule has 0 aromatic carbocycles. The molecule has 0 aromatic heterocycles. The van der Waals surface area contributed by atoms with Gasteiger partial charge in [-0.15, -0.1) is 0 Å². The molecule has 0 saturated heterocycles. The fourth-order valence-corrected chi connectivity index (χ4v) is 10.0. The van der Waals surface area contributed by atoms with Crippen LogP contribution in [0.3, 0.4) is 0 Å². The maximum absolute atomic E-state index is 11.9. The van der Waals surface area contributed by atoms with Crippen molar-refractivity contribution in [2.75, 3.05) is 7.11 Å². The van der Waals surface area contributed by atoms with Gasteiger partial charge >= 0.3 is 11.9 Å². The Morgan fingerprint density at radius 2 is 1.65 bits per heavy atom. The molecule has 0 aliphatic carbocycles. The van der Waals surface area contributed by atoms with Crippen LogP contribution in [0.4, 0.5) is 0 Å². The molecule has 26 heavy (non-hydrogen) atoms. The van der Waals surface area contributed by atoms with Crippen molar-refractivity contribution in [3.05, 3.63) is 23.1 Å². The van der Waals surface area contributed by atoms with Crippen molar-refractivity contribution >= 4 is 20.0 Å². The summed E-state index contributed by atoms with van der Waals surface area (Å²) in [5.41, 5.74) is 5.10. The lowest BCUT2D eigenvalue weighted by atomic mass is 10.1. The number of esters is 2. The van der Waals surface area contributed by atoms with E-state index in [-0.39, 0.29) is 11.9 Å². The van der Waals surface area contributed by atoms with Gasteiger partial charge in [-0.05, 0) is 35.9 Å². The number of rotatable bonds is 10. The molecular weight excluding hydrogens is 344 g/mol. The first-order valence-electron chi connectivity index (χ1n) is 9.87. The predicted octanol–water partition coefficient (Wildman–Crippen LogP) is 5.70. The molecule has 1 aliphatic rings. The Hall–Kier alpha value is -1.36. The van der Waals surface area contributed by atoms with E-state index in [1.807, 2.05) is 0 Å². The maximum atomic E-state index is 11.9. The molecule has 0 aromatic rings. The van der Waals surface area contributed by atoms with Crippen LogP contribution in [0.2, 0.25) is 16.6 Å². The fourth-order valence-electron chi connectivity index (χ4n) is 4.32. The van der Waals surface area contributed by atoms with Gasteiger partial charge in [0.15, 0.2) is 0 Å². The number of unbranched alkanes of at least 4 members (excludes halogenated alkanes) is 2. The van der Waals surface area contributed by atoms with Crippen LogP contribution in [-0.4, -0.2) is 27.1 Å². The van der Waals surface area contributed by atoms with Crippen LogP contribution in [-0.2, 0) is 19.1 Å². The van der Waals surface area contributed by atoms with E-state index < -0.39 is 8.07 Å². The van der Waals surface area contributed by atoms with E-state index in [0.717, 1.165) is 37.0 Å². The molecule has 148 valence electrons. The molecule has 0 amide bonds. The lowest BCUT2D eigenvalue weighted by Gasteiger charge is -2.40. The molecule has 0 fully saturated rings. The van der Waals surface area contributed by atoms with E-state index in [1.165, 1.54) is 7.11 Å². The zero-order valence-corrected chi connectivity index (χ0v) is 18.6. The van der Waals surface area contributed by atoms with E-state index in [0.29, 0.717) is 23.0 Å². The standard InChI is InChI=1S/C21H36O4Si/c1-15(2)26(16(3)4,17(5)6)14-19-18(13-21(23)25-19)11-9-8-10-12-20(22)24-7/h13-17H,8-12H2,1-7H3/b19-14-. The lowest BCUT2D eigenvalue weighted by Crippen LogP contribution is -2.43. The van der Waals surface area contributed by atoms with E-state index in [2.05, 4.69) is 52.0 Å². The molecule has 0 radical (unpaired) electrons. The van der Waals surface area contributed by atoms with Crippen LogP contribution >= 0.6 is 0 Å². The van der Waals surface area contributed by atoms with Crippen LogP contribution in [0.15, 0.2) is 23.1 Å². The molecule has 1 aliphatic heterocycles. The summed E-state index contributed by atoms with van der Waals surface area (Å²) in [5, 5.41) is 0. The molecule has 4 nitrogen and oxygen atoms in total. The summed E-state index contributed by atoms with van der Waals surface area (Å²) in [5.74, 6) is 0.386. The van der Waals surface area contributed by atoms with Gasteiger partial charge in [0.2, 0.25) is 0 Å². The van der Waals surface area contributed by atoms with Gasteiger partial charge in [-0.25, -0.2) is 4.79 Å².